The monoisotopic (exact) mass is 468 g/mol. The van der Waals surface area contributed by atoms with E-state index in [0.29, 0.717) is 12.8 Å². The predicted octanol–water partition coefficient (Wildman–Crippen LogP) is 3.77. The Morgan fingerprint density at radius 1 is 1.00 bits per heavy atom. The molecule has 0 saturated carbocycles. The van der Waals surface area contributed by atoms with Gasteiger partial charge in [-0.25, -0.2) is 4.79 Å². The van der Waals surface area contributed by atoms with E-state index in [2.05, 4.69) is 34.9 Å². The summed E-state index contributed by atoms with van der Waals surface area (Å²) in [5.41, 5.74) is 3.91. The molecule has 174 valence electrons. The summed E-state index contributed by atoms with van der Waals surface area (Å²) in [5, 5.41) is 14.8. The maximum absolute atomic E-state index is 12.4. The minimum atomic E-state index is -0.918. The molecule has 2 aromatic carbocycles. The first-order chi connectivity index (χ1) is 16.0. The predicted molar refractivity (Wildman–Crippen MR) is 127 cm³/mol. The van der Waals surface area contributed by atoms with Crippen molar-refractivity contribution in [3.63, 3.8) is 0 Å². The van der Waals surface area contributed by atoms with Gasteiger partial charge in [-0.2, -0.15) is 11.8 Å². The minimum Gasteiger partial charge on any atom is -0.481 e. The maximum atomic E-state index is 12.4. The summed E-state index contributed by atoms with van der Waals surface area (Å²) in [7, 11) is 0. The highest BCUT2D eigenvalue weighted by atomic mass is 32.2. The van der Waals surface area contributed by atoms with Gasteiger partial charge in [0.05, 0.1) is 12.0 Å². The quantitative estimate of drug-likeness (QED) is 0.545. The highest BCUT2D eigenvalue weighted by Crippen LogP contribution is 2.44. The van der Waals surface area contributed by atoms with Crippen LogP contribution in [0.1, 0.15) is 42.7 Å². The van der Waals surface area contributed by atoms with Crippen LogP contribution in [0.3, 0.4) is 0 Å². The number of rotatable bonds is 8. The molecule has 3 N–H and O–H groups in total. The molecule has 2 amide bonds. The van der Waals surface area contributed by atoms with Gasteiger partial charge in [-0.1, -0.05) is 48.5 Å². The van der Waals surface area contributed by atoms with Crippen LogP contribution >= 0.6 is 11.8 Å². The number of carbonyl (C=O) groups excluding carboxylic acids is 2. The van der Waals surface area contributed by atoms with Gasteiger partial charge in [-0.05, 0) is 46.6 Å². The molecule has 0 radical (unpaired) electrons. The standard InChI is InChI=1S/C25H28N2O5S/c28-22(27-25(15-23(29)30)10-13-33-14-11-25)9-12-26-24(31)32-16-21-19-7-3-1-5-17(19)18-6-2-4-8-20(18)21/h1-8,21H,9-16H2,(H,26,31)(H,27,28)(H,29,30). The van der Waals surface area contributed by atoms with Gasteiger partial charge in [0.15, 0.2) is 0 Å². The van der Waals surface area contributed by atoms with Crippen LogP contribution in [0, 0.1) is 0 Å². The van der Waals surface area contributed by atoms with E-state index in [-0.39, 0.29) is 37.8 Å². The number of fused-ring (bicyclic) bond motifs is 3. The molecule has 1 heterocycles. The highest BCUT2D eigenvalue weighted by molar-refractivity contribution is 7.99. The smallest absolute Gasteiger partial charge is 0.407 e. The van der Waals surface area contributed by atoms with Gasteiger partial charge in [0.2, 0.25) is 5.91 Å². The topological polar surface area (TPSA) is 105 Å². The molecule has 0 aromatic heterocycles. The van der Waals surface area contributed by atoms with E-state index in [1.165, 1.54) is 0 Å². The minimum absolute atomic E-state index is 0.0218. The summed E-state index contributed by atoms with van der Waals surface area (Å²) in [6.45, 7) is 0.339. The number of carbonyl (C=O) groups is 3. The number of thioether (sulfide) groups is 1. The highest BCUT2D eigenvalue weighted by Gasteiger charge is 2.36. The Bertz CT molecular complexity index is 989. The molecular weight excluding hydrogens is 440 g/mol. The van der Waals surface area contributed by atoms with Gasteiger partial charge in [0, 0.05) is 18.9 Å². The Morgan fingerprint density at radius 2 is 1.61 bits per heavy atom. The second-order valence-corrected chi connectivity index (χ2v) is 9.74. The molecule has 1 fully saturated rings. The second-order valence-electron chi connectivity index (χ2n) is 8.51. The van der Waals surface area contributed by atoms with Crippen LogP contribution in [0.15, 0.2) is 48.5 Å². The maximum Gasteiger partial charge on any atom is 0.407 e. The first-order valence-corrected chi connectivity index (χ1v) is 12.3. The fourth-order valence-electron chi connectivity index (χ4n) is 4.68. The van der Waals surface area contributed by atoms with Crippen LogP contribution in [0.4, 0.5) is 4.79 Å². The number of hydrogen-bond acceptors (Lipinski definition) is 5. The average Bonchev–Trinajstić information content (AvgIpc) is 3.11. The second kappa shape index (κ2) is 10.3. The molecule has 0 atom stereocenters. The zero-order valence-electron chi connectivity index (χ0n) is 18.3. The third-order valence-corrected chi connectivity index (χ3v) is 7.29. The number of hydrogen-bond donors (Lipinski definition) is 3. The summed E-state index contributed by atoms with van der Waals surface area (Å²) in [6, 6.07) is 16.2. The van der Waals surface area contributed by atoms with Crippen molar-refractivity contribution in [1.29, 1.82) is 0 Å². The summed E-state index contributed by atoms with van der Waals surface area (Å²) < 4.78 is 5.48. The van der Waals surface area contributed by atoms with Crippen molar-refractivity contribution < 1.29 is 24.2 Å². The number of benzene rings is 2. The van der Waals surface area contributed by atoms with E-state index in [1.54, 1.807) is 11.8 Å². The summed E-state index contributed by atoms with van der Waals surface area (Å²) in [4.78, 5) is 35.9. The van der Waals surface area contributed by atoms with Crippen molar-refractivity contribution in [1.82, 2.24) is 10.6 Å². The Hall–Kier alpha value is -3.00. The van der Waals surface area contributed by atoms with E-state index < -0.39 is 17.6 Å². The van der Waals surface area contributed by atoms with Crippen molar-refractivity contribution in [2.24, 2.45) is 0 Å². The zero-order valence-corrected chi connectivity index (χ0v) is 19.2. The molecule has 4 rings (SSSR count). The van der Waals surface area contributed by atoms with Crippen LogP contribution < -0.4 is 10.6 Å². The lowest BCUT2D eigenvalue weighted by Crippen LogP contribution is -2.52. The number of carboxylic acid groups (broad SMARTS) is 1. The van der Waals surface area contributed by atoms with E-state index in [1.807, 2.05) is 24.3 Å². The van der Waals surface area contributed by atoms with Gasteiger partial charge >= 0.3 is 12.1 Å². The largest absolute Gasteiger partial charge is 0.481 e. The number of aliphatic carboxylic acids is 1. The van der Waals surface area contributed by atoms with Gasteiger partial charge in [0.1, 0.15) is 6.61 Å². The molecule has 33 heavy (non-hydrogen) atoms. The molecule has 8 heteroatoms. The van der Waals surface area contributed by atoms with Gasteiger partial charge in [-0.15, -0.1) is 0 Å². The van der Waals surface area contributed by atoms with E-state index in [4.69, 9.17) is 4.74 Å². The molecule has 1 aliphatic heterocycles. The van der Waals surface area contributed by atoms with Crippen molar-refractivity contribution in [2.45, 2.75) is 37.1 Å². The van der Waals surface area contributed by atoms with Crippen molar-refractivity contribution in [3.8, 4) is 11.1 Å². The van der Waals surface area contributed by atoms with Gasteiger partial charge in [0.25, 0.3) is 0 Å². The Morgan fingerprint density at radius 3 is 2.21 bits per heavy atom. The number of alkyl carbamates (subject to hydrolysis) is 1. The molecule has 7 nitrogen and oxygen atoms in total. The Labute approximate surface area is 197 Å². The molecule has 2 aliphatic rings. The van der Waals surface area contributed by atoms with E-state index in [0.717, 1.165) is 33.8 Å². The van der Waals surface area contributed by atoms with Crippen LogP contribution in [-0.2, 0) is 14.3 Å². The van der Waals surface area contributed by atoms with Crippen molar-refractivity contribution in [2.75, 3.05) is 24.7 Å². The Kier molecular flexibility index (Phi) is 7.23. The SMILES string of the molecule is O=C(O)CC1(NC(=O)CCNC(=O)OCC2c3ccccc3-c3ccccc32)CCSCC1. The van der Waals surface area contributed by atoms with Crippen LogP contribution in [-0.4, -0.2) is 53.3 Å². The summed E-state index contributed by atoms with van der Waals surface area (Å²) in [5.74, 6) is 0.449. The van der Waals surface area contributed by atoms with Gasteiger partial charge in [-0.3, -0.25) is 9.59 Å². The molecule has 0 spiro atoms. The lowest BCUT2D eigenvalue weighted by molar-refractivity contribution is -0.139. The molecule has 0 bridgehead atoms. The third kappa shape index (κ3) is 5.50. The number of nitrogens with one attached hydrogen (secondary N) is 2. The number of carboxylic acids is 1. The molecule has 2 aromatic rings. The van der Waals surface area contributed by atoms with E-state index >= 15 is 0 Å². The molecular formula is C25H28N2O5S. The first kappa shape index (κ1) is 23.2. The number of amides is 2. The lowest BCUT2D eigenvalue weighted by Gasteiger charge is -2.36. The first-order valence-electron chi connectivity index (χ1n) is 11.2. The number of ether oxygens (including phenoxy) is 1. The fourth-order valence-corrected chi connectivity index (χ4v) is 5.96. The van der Waals surface area contributed by atoms with Gasteiger partial charge < -0.3 is 20.5 Å². The van der Waals surface area contributed by atoms with Crippen LogP contribution in [0.2, 0.25) is 0 Å². The van der Waals surface area contributed by atoms with Crippen LogP contribution in [0.5, 0.6) is 0 Å². The molecule has 1 saturated heterocycles. The summed E-state index contributed by atoms with van der Waals surface area (Å²) in [6.07, 6.45) is 0.682. The molecule has 0 unspecified atom stereocenters. The normalized spacial score (nSPS) is 16.4. The zero-order chi connectivity index (χ0) is 23.3. The average molecular weight is 469 g/mol. The van der Waals surface area contributed by atoms with Crippen molar-refractivity contribution >= 4 is 29.7 Å². The van der Waals surface area contributed by atoms with E-state index in [9.17, 15) is 19.5 Å². The molecule has 1 aliphatic carbocycles. The summed E-state index contributed by atoms with van der Waals surface area (Å²) >= 11 is 1.76. The Balaban J connectivity index is 1.26. The van der Waals surface area contributed by atoms with Crippen LogP contribution in [0.25, 0.3) is 11.1 Å². The fraction of sp³-hybridized carbons (Fsp3) is 0.400. The lowest BCUT2D eigenvalue weighted by atomic mass is 9.88. The third-order valence-electron chi connectivity index (χ3n) is 6.31. The van der Waals surface area contributed by atoms with Crippen molar-refractivity contribution in [3.05, 3.63) is 59.7 Å².